The minimum absolute atomic E-state index is 0.234. The van der Waals surface area contributed by atoms with E-state index in [1.165, 1.54) is 16.0 Å². The van der Waals surface area contributed by atoms with Gasteiger partial charge in [0.2, 0.25) is 0 Å². The first kappa shape index (κ1) is 10.2. The topological polar surface area (TPSA) is 37.3 Å². The third-order valence-corrected chi connectivity index (χ3v) is 3.38. The third kappa shape index (κ3) is 2.57. The molecule has 0 saturated carbocycles. The van der Waals surface area contributed by atoms with Gasteiger partial charge in [0.15, 0.2) is 0 Å². The molecule has 1 heterocycles. The summed E-state index contributed by atoms with van der Waals surface area (Å²) in [4.78, 5) is 11.7. The molecule has 0 fully saturated rings. The fraction of sp³-hybridized carbons (Fsp3) is 0.250. The molecular formula is C12H12O2S. The molecule has 0 saturated heterocycles. The van der Waals surface area contributed by atoms with Crippen molar-refractivity contribution >= 4 is 22.9 Å². The second-order valence-corrected chi connectivity index (χ2v) is 4.51. The van der Waals surface area contributed by atoms with Crippen LogP contribution in [0.1, 0.15) is 24.1 Å². The molecule has 78 valence electrons. The van der Waals surface area contributed by atoms with E-state index >= 15 is 0 Å². The van der Waals surface area contributed by atoms with Crippen LogP contribution in [0.3, 0.4) is 0 Å². The Morgan fingerprint density at radius 3 is 3.00 bits per heavy atom. The van der Waals surface area contributed by atoms with E-state index in [2.05, 4.69) is 23.6 Å². The highest BCUT2D eigenvalue weighted by Gasteiger charge is 2.11. The van der Waals surface area contributed by atoms with Gasteiger partial charge in [0.05, 0.1) is 0 Å². The van der Waals surface area contributed by atoms with Crippen LogP contribution in [0.15, 0.2) is 35.2 Å². The van der Waals surface area contributed by atoms with Crippen LogP contribution in [0.25, 0.3) is 5.57 Å². The molecule has 0 unspecified atom stereocenters. The van der Waals surface area contributed by atoms with Crippen molar-refractivity contribution in [1.82, 2.24) is 0 Å². The van der Waals surface area contributed by atoms with Gasteiger partial charge in [0, 0.05) is 11.3 Å². The number of aliphatic carboxylic acids is 1. The van der Waals surface area contributed by atoms with Crippen molar-refractivity contribution in [2.75, 3.05) is 0 Å². The lowest BCUT2D eigenvalue weighted by molar-refractivity contribution is -0.136. The van der Waals surface area contributed by atoms with Gasteiger partial charge in [-0.2, -0.15) is 0 Å². The fourth-order valence-electron chi connectivity index (χ4n) is 1.65. The fourth-order valence-corrected chi connectivity index (χ4v) is 2.40. The number of rotatable bonds is 4. The van der Waals surface area contributed by atoms with Gasteiger partial charge in [-0.1, -0.05) is 23.8 Å². The maximum absolute atomic E-state index is 10.4. The summed E-state index contributed by atoms with van der Waals surface area (Å²) < 4.78 is 0. The lowest BCUT2D eigenvalue weighted by Crippen LogP contribution is -1.94. The van der Waals surface area contributed by atoms with Gasteiger partial charge < -0.3 is 5.11 Å². The average molecular weight is 220 g/mol. The molecule has 0 aromatic carbocycles. The van der Waals surface area contributed by atoms with Crippen LogP contribution < -0.4 is 0 Å². The minimum Gasteiger partial charge on any atom is -0.481 e. The largest absolute Gasteiger partial charge is 0.481 e. The van der Waals surface area contributed by atoms with Gasteiger partial charge in [-0.25, -0.2) is 0 Å². The van der Waals surface area contributed by atoms with Crippen LogP contribution in [0, 0.1) is 0 Å². The standard InChI is InChI=1S/C12H12O2S/c13-12(14)6-4-9-3-5-10(8-9)11-2-1-7-15-11/h1-3,5,7H,4,6,8H2,(H,13,14). The number of allylic oxidation sites excluding steroid dienone is 4. The van der Waals surface area contributed by atoms with Crippen LogP contribution in [-0.2, 0) is 4.79 Å². The van der Waals surface area contributed by atoms with Gasteiger partial charge in [0.1, 0.15) is 0 Å². The third-order valence-electron chi connectivity index (χ3n) is 2.44. The molecule has 2 rings (SSSR count). The SMILES string of the molecule is O=C(O)CCC1=CC=C(c2cccs2)C1. The molecule has 0 spiro atoms. The first-order valence-corrected chi connectivity index (χ1v) is 5.78. The molecule has 0 amide bonds. The predicted molar refractivity (Wildman–Crippen MR) is 61.9 cm³/mol. The van der Waals surface area contributed by atoms with Crippen molar-refractivity contribution in [3.05, 3.63) is 40.1 Å². The first-order valence-electron chi connectivity index (χ1n) is 4.90. The number of hydrogen-bond acceptors (Lipinski definition) is 2. The second kappa shape index (κ2) is 4.45. The lowest BCUT2D eigenvalue weighted by atomic mass is 10.1. The minimum atomic E-state index is -0.722. The quantitative estimate of drug-likeness (QED) is 0.845. The number of hydrogen-bond donors (Lipinski definition) is 1. The van der Waals surface area contributed by atoms with E-state index < -0.39 is 5.97 Å². The van der Waals surface area contributed by atoms with Crippen molar-refractivity contribution in [3.63, 3.8) is 0 Å². The van der Waals surface area contributed by atoms with Gasteiger partial charge in [-0.05, 0) is 29.9 Å². The summed E-state index contributed by atoms with van der Waals surface area (Å²) in [5.74, 6) is -0.722. The molecule has 0 atom stereocenters. The van der Waals surface area contributed by atoms with Crippen molar-refractivity contribution in [2.45, 2.75) is 19.3 Å². The molecular weight excluding hydrogens is 208 g/mol. The van der Waals surface area contributed by atoms with Gasteiger partial charge >= 0.3 is 5.97 Å². The summed E-state index contributed by atoms with van der Waals surface area (Å²) in [7, 11) is 0. The van der Waals surface area contributed by atoms with E-state index in [0.29, 0.717) is 6.42 Å². The molecule has 3 heteroatoms. The van der Waals surface area contributed by atoms with Gasteiger partial charge in [0.25, 0.3) is 0 Å². The Hall–Kier alpha value is -1.35. The Bertz CT molecular complexity index is 413. The maximum Gasteiger partial charge on any atom is 0.303 e. The van der Waals surface area contributed by atoms with Crippen molar-refractivity contribution in [2.24, 2.45) is 0 Å². The van der Waals surface area contributed by atoms with E-state index in [-0.39, 0.29) is 6.42 Å². The van der Waals surface area contributed by atoms with Crippen LogP contribution in [0.5, 0.6) is 0 Å². The molecule has 1 aliphatic carbocycles. The Balaban J connectivity index is 1.90. The smallest absolute Gasteiger partial charge is 0.303 e. The Morgan fingerprint density at radius 1 is 1.47 bits per heavy atom. The van der Waals surface area contributed by atoms with Gasteiger partial charge in [-0.3, -0.25) is 4.79 Å². The molecule has 15 heavy (non-hydrogen) atoms. The monoisotopic (exact) mass is 220 g/mol. The number of carbonyl (C=O) groups is 1. The van der Waals surface area contributed by atoms with Gasteiger partial charge in [-0.15, -0.1) is 11.3 Å². The molecule has 1 N–H and O–H groups in total. The summed E-state index contributed by atoms with van der Waals surface area (Å²) in [6.07, 6.45) is 5.97. The average Bonchev–Trinajstić information content (AvgIpc) is 2.85. The summed E-state index contributed by atoms with van der Waals surface area (Å²) in [5, 5.41) is 10.6. The van der Waals surface area contributed by atoms with E-state index in [4.69, 9.17) is 5.11 Å². The van der Waals surface area contributed by atoms with E-state index in [1.807, 2.05) is 6.07 Å². The molecule has 2 nitrogen and oxygen atoms in total. The highest BCUT2D eigenvalue weighted by Crippen LogP contribution is 2.32. The molecule has 1 aliphatic rings. The molecule has 1 aromatic rings. The summed E-state index contributed by atoms with van der Waals surface area (Å²) in [6.45, 7) is 0. The molecule has 0 aliphatic heterocycles. The van der Waals surface area contributed by atoms with Crippen LogP contribution in [0.2, 0.25) is 0 Å². The normalized spacial score (nSPS) is 14.9. The van der Waals surface area contributed by atoms with E-state index in [1.54, 1.807) is 11.3 Å². The second-order valence-electron chi connectivity index (χ2n) is 3.56. The number of carboxylic acid groups (broad SMARTS) is 1. The summed E-state index contributed by atoms with van der Waals surface area (Å²) in [5.41, 5.74) is 2.53. The molecule has 1 aromatic heterocycles. The Morgan fingerprint density at radius 2 is 2.33 bits per heavy atom. The zero-order valence-electron chi connectivity index (χ0n) is 8.27. The highest BCUT2D eigenvalue weighted by atomic mass is 32.1. The lowest BCUT2D eigenvalue weighted by Gasteiger charge is -2.01. The number of carboxylic acids is 1. The van der Waals surface area contributed by atoms with Crippen molar-refractivity contribution in [1.29, 1.82) is 0 Å². The van der Waals surface area contributed by atoms with Crippen LogP contribution >= 0.6 is 11.3 Å². The predicted octanol–water partition coefficient (Wildman–Crippen LogP) is 3.33. The van der Waals surface area contributed by atoms with E-state index in [9.17, 15) is 4.79 Å². The Labute approximate surface area is 92.6 Å². The van der Waals surface area contributed by atoms with Crippen LogP contribution in [0.4, 0.5) is 0 Å². The Kier molecular flexibility index (Phi) is 3.02. The zero-order valence-corrected chi connectivity index (χ0v) is 9.09. The van der Waals surface area contributed by atoms with E-state index in [0.717, 1.165) is 6.42 Å². The van der Waals surface area contributed by atoms with Crippen molar-refractivity contribution < 1.29 is 9.90 Å². The zero-order chi connectivity index (χ0) is 10.7. The summed E-state index contributed by atoms with van der Waals surface area (Å²) in [6, 6.07) is 4.14. The summed E-state index contributed by atoms with van der Waals surface area (Å²) >= 11 is 1.73. The van der Waals surface area contributed by atoms with Crippen LogP contribution in [-0.4, -0.2) is 11.1 Å². The molecule has 0 radical (unpaired) electrons. The first-order chi connectivity index (χ1) is 7.25. The number of thiophene rings is 1. The maximum atomic E-state index is 10.4. The molecule has 0 bridgehead atoms. The highest BCUT2D eigenvalue weighted by molar-refractivity contribution is 7.11. The van der Waals surface area contributed by atoms with Crippen molar-refractivity contribution in [3.8, 4) is 0 Å².